The molecule has 0 atom stereocenters. The molecule has 0 radical (unpaired) electrons. The van der Waals surface area contributed by atoms with Crippen LogP contribution in [0, 0.1) is 0 Å². The highest BCUT2D eigenvalue weighted by Gasteiger charge is 2.15. The van der Waals surface area contributed by atoms with Crippen LogP contribution in [0.25, 0.3) is 11.3 Å². The molecule has 0 bridgehead atoms. The van der Waals surface area contributed by atoms with Crippen molar-refractivity contribution < 1.29 is 14.3 Å². The molecule has 1 fully saturated rings. The lowest BCUT2D eigenvalue weighted by molar-refractivity contribution is -0.118. The number of aromatic nitrogens is 1. The van der Waals surface area contributed by atoms with Crippen molar-refractivity contribution in [1.82, 2.24) is 9.88 Å². The number of hydrogen-bond acceptors (Lipinski definition) is 6. The third-order valence-electron chi connectivity index (χ3n) is 4.82. The van der Waals surface area contributed by atoms with Crippen molar-refractivity contribution in [3.63, 3.8) is 0 Å². The summed E-state index contributed by atoms with van der Waals surface area (Å²) in [6, 6.07) is 11.8. The molecule has 2 aromatic carbocycles. The lowest BCUT2D eigenvalue weighted by atomic mass is 10.1. The van der Waals surface area contributed by atoms with Crippen molar-refractivity contribution in [2.75, 3.05) is 48.8 Å². The molecule has 3 N–H and O–H groups in total. The molecule has 11 heteroatoms. The number of benzene rings is 2. The van der Waals surface area contributed by atoms with Crippen molar-refractivity contribution in [1.29, 1.82) is 0 Å². The van der Waals surface area contributed by atoms with Crippen LogP contribution in [0.4, 0.5) is 21.3 Å². The fourth-order valence-corrected chi connectivity index (χ4v) is 4.39. The molecule has 1 aliphatic rings. The Morgan fingerprint density at radius 3 is 2.67 bits per heavy atom. The van der Waals surface area contributed by atoms with E-state index in [2.05, 4.69) is 25.8 Å². The molecule has 1 saturated heterocycles. The first kappa shape index (κ1) is 23.5. The van der Waals surface area contributed by atoms with Gasteiger partial charge in [-0.1, -0.05) is 35.3 Å². The first-order chi connectivity index (χ1) is 16.0. The Morgan fingerprint density at radius 2 is 1.88 bits per heavy atom. The maximum absolute atomic E-state index is 12.4. The quantitative estimate of drug-likeness (QED) is 0.436. The van der Waals surface area contributed by atoms with Gasteiger partial charge in [-0.2, -0.15) is 0 Å². The molecule has 0 aliphatic carbocycles. The van der Waals surface area contributed by atoms with Crippen LogP contribution in [0.3, 0.4) is 0 Å². The number of nitrogens with zero attached hydrogens (tertiary/aromatic N) is 2. The zero-order chi connectivity index (χ0) is 23.2. The molecule has 8 nitrogen and oxygen atoms in total. The van der Waals surface area contributed by atoms with Crippen LogP contribution in [0.15, 0.2) is 47.8 Å². The van der Waals surface area contributed by atoms with Gasteiger partial charge in [-0.25, -0.2) is 9.78 Å². The molecule has 0 unspecified atom stereocenters. The minimum Gasteiger partial charge on any atom is -0.379 e. The Balaban J connectivity index is 1.35. The molecule has 3 aromatic rings. The van der Waals surface area contributed by atoms with E-state index < -0.39 is 6.03 Å². The number of amides is 3. The van der Waals surface area contributed by atoms with Gasteiger partial charge in [-0.05, 0) is 30.3 Å². The summed E-state index contributed by atoms with van der Waals surface area (Å²) in [6.45, 7) is 3.12. The SMILES string of the molecule is O=C(CN1CCOCC1)Nc1cccc(-c2csc(NC(=O)Nc3ccc(Cl)cc3Cl)n2)c1. The van der Waals surface area contributed by atoms with Crippen molar-refractivity contribution in [2.24, 2.45) is 0 Å². The van der Waals surface area contributed by atoms with Crippen molar-refractivity contribution in [2.45, 2.75) is 0 Å². The molecule has 1 aromatic heterocycles. The monoisotopic (exact) mass is 505 g/mol. The maximum atomic E-state index is 12.4. The minimum absolute atomic E-state index is 0.0767. The fourth-order valence-electron chi connectivity index (χ4n) is 3.22. The van der Waals surface area contributed by atoms with Crippen LogP contribution in [0.5, 0.6) is 0 Å². The number of thiazole rings is 1. The average molecular weight is 506 g/mol. The summed E-state index contributed by atoms with van der Waals surface area (Å²) in [4.78, 5) is 31.2. The molecule has 33 heavy (non-hydrogen) atoms. The molecule has 3 amide bonds. The summed E-state index contributed by atoms with van der Waals surface area (Å²) in [5.41, 5.74) is 2.63. The summed E-state index contributed by atoms with van der Waals surface area (Å²) in [5.74, 6) is -0.0767. The molecule has 1 aliphatic heterocycles. The number of morpholine rings is 1. The first-order valence-electron chi connectivity index (χ1n) is 10.2. The predicted molar refractivity (Wildman–Crippen MR) is 133 cm³/mol. The van der Waals surface area contributed by atoms with E-state index in [-0.39, 0.29) is 5.91 Å². The number of nitrogens with one attached hydrogen (secondary N) is 3. The Labute approximate surface area is 204 Å². The number of carbonyl (C=O) groups is 2. The second kappa shape index (κ2) is 11.0. The highest BCUT2D eigenvalue weighted by atomic mass is 35.5. The Hall–Kier alpha value is -2.69. The Morgan fingerprint density at radius 1 is 1.06 bits per heavy atom. The summed E-state index contributed by atoms with van der Waals surface area (Å²) in [5, 5.41) is 11.4. The second-order valence-electron chi connectivity index (χ2n) is 7.26. The maximum Gasteiger partial charge on any atom is 0.325 e. The number of carbonyl (C=O) groups excluding carboxylic acids is 2. The fraction of sp³-hybridized carbons (Fsp3) is 0.227. The van der Waals surface area contributed by atoms with Gasteiger partial charge >= 0.3 is 6.03 Å². The smallest absolute Gasteiger partial charge is 0.325 e. The number of hydrogen-bond donors (Lipinski definition) is 3. The summed E-state index contributed by atoms with van der Waals surface area (Å²) in [6.07, 6.45) is 0. The van der Waals surface area contributed by atoms with Crippen LogP contribution in [0.1, 0.15) is 0 Å². The number of anilines is 3. The van der Waals surface area contributed by atoms with Gasteiger partial charge in [-0.3, -0.25) is 15.0 Å². The van der Waals surface area contributed by atoms with Gasteiger partial charge in [0.2, 0.25) is 5.91 Å². The molecule has 4 rings (SSSR count). The van der Waals surface area contributed by atoms with E-state index in [1.165, 1.54) is 11.3 Å². The van der Waals surface area contributed by atoms with E-state index in [1.54, 1.807) is 18.2 Å². The minimum atomic E-state index is -0.468. The van der Waals surface area contributed by atoms with Gasteiger partial charge in [0.05, 0.1) is 36.2 Å². The number of urea groups is 1. The Bertz CT molecular complexity index is 1150. The summed E-state index contributed by atoms with van der Waals surface area (Å²) in [7, 11) is 0. The second-order valence-corrected chi connectivity index (χ2v) is 8.96. The van der Waals surface area contributed by atoms with Crippen molar-refractivity contribution >= 4 is 63.0 Å². The highest BCUT2D eigenvalue weighted by molar-refractivity contribution is 7.14. The third-order valence-corrected chi connectivity index (χ3v) is 6.12. The number of rotatable bonds is 6. The zero-order valence-corrected chi connectivity index (χ0v) is 19.8. The lowest BCUT2D eigenvalue weighted by Gasteiger charge is -2.25. The van der Waals surface area contributed by atoms with E-state index in [0.29, 0.717) is 52.0 Å². The molecule has 0 spiro atoms. The van der Waals surface area contributed by atoms with Crippen LogP contribution in [0.2, 0.25) is 10.0 Å². The summed E-state index contributed by atoms with van der Waals surface area (Å²) >= 11 is 13.3. The van der Waals surface area contributed by atoms with Crippen molar-refractivity contribution in [3.8, 4) is 11.3 Å². The Kier molecular flexibility index (Phi) is 7.79. The average Bonchev–Trinajstić information content (AvgIpc) is 3.25. The molecule has 0 saturated carbocycles. The number of ether oxygens (including phenoxy) is 1. The van der Waals surface area contributed by atoms with E-state index in [9.17, 15) is 9.59 Å². The summed E-state index contributed by atoms with van der Waals surface area (Å²) < 4.78 is 5.31. The van der Waals surface area contributed by atoms with Crippen LogP contribution < -0.4 is 16.0 Å². The predicted octanol–water partition coefficient (Wildman–Crippen LogP) is 5.03. The van der Waals surface area contributed by atoms with Gasteiger partial charge in [0, 0.05) is 34.7 Å². The van der Waals surface area contributed by atoms with Gasteiger partial charge in [0.15, 0.2) is 5.13 Å². The van der Waals surface area contributed by atoms with E-state index >= 15 is 0 Å². The van der Waals surface area contributed by atoms with Crippen molar-refractivity contribution in [3.05, 3.63) is 57.9 Å². The highest BCUT2D eigenvalue weighted by Crippen LogP contribution is 2.28. The molecule has 172 valence electrons. The third kappa shape index (κ3) is 6.66. The largest absolute Gasteiger partial charge is 0.379 e. The molecular formula is C22H21Cl2N5O3S. The van der Waals surface area contributed by atoms with E-state index in [0.717, 1.165) is 18.7 Å². The molecule has 2 heterocycles. The topological polar surface area (TPSA) is 95.6 Å². The van der Waals surface area contributed by atoms with Crippen LogP contribution >= 0.6 is 34.5 Å². The first-order valence-corrected chi connectivity index (χ1v) is 11.8. The van der Waals surface area contributed by atoms with E-state index in [4.69, 9.17) is 27.9 Å². The standard InChI is InChI=1S/C22H21Cl2N5O3S/c23-15-4-5-18(17(24)11-15)26-21(31)28-22-27-19(13-33-22)14-2-1-3-16(10-14)25-20(30)12-29-6-8-32-9-7-29/h1-5,10-11,13H,6-9,12H2,(H,25,30)(H2,26,27,28,31). The van der Waals surface area contributed by atoms with Crippen LogP contribution in [-0.4, -0.2) is 54.7 Å². The van der Waals surface area contributed by atoms with Crippen LogP contribution in [-0.2, 0) is 9.53 Å². The molecular weight excluding hydrogens is 485 g/mol. The van der Waals surface area contributed by atoms with Gasteiger partial charge in [0.1, 0.15) is 0 Å². The van der Waals surface area contributed by atoms with E-state index in [1.807, 2.05) is 29.6 Å². The lowest BCUT2D eigenvalue weighted by Crippen LogP contribution is -2.41. The zero-order valence-electron chi connectivity index (χ0n) is 17.4. The van der Waals surface area contributed by atoms with Gasteiger partial charge < -0.3 is 15.4 Å². The van der Waals surface area contributed by atoms with Gasteiger partial charge in [0.25, 0.3) is 0 Å². The number of halogens is 2. The van der Waals surface area contributed by atoms with Gasteiger partial charge in [-0.15, -0.1) is 11.3 Å². The normalized spacial score (nSPS) is 14.0.